The highest BCUT2D eigenvalue weighted by Crippen LogP contribution is 2.37. The maximum Gasteiger partial charge on any atom is 0.496 e. The van der Waals surface area contributed by atoms with Crippen molar-refractivity contribution >= 4 is 35.8 Å². The molecule has 2 rings (SSSR count). The average Bonchev–Trinajstić information content (AvgIpc) is 2.46. The van der Waals surface area contributed by atoms with Crippen LogP contribution in [0.3, 0.4) is 0 Å². The molecule has 1 aromatic carbocycles. The fraction of sp³-hybridized carbons (Fsp3) is 0.500. The first-order valence-electron chi connectivity index (χ1n) is 6.55. The first-order chi connectivity index (χ1) is 9.12. The van der Waals surface area contributed by atoms with E-state index in [-0.39, 0.29) is 5.91 Å². The molecule has 1 fully saturated rings. The fourth-order valence-corrected chi connectivity index (χ4v) is 2.17. The highest BCUT2D eigenvalue weighted by atomic mass is 35.5. The SMILES string of the molecule is CC(=O)Nc1cc(Cl)ccc1B1OC(C)(C)C(C)(C)O1. The molecule has 0 bridgehead atoms. The third-order valence-corrected chi connectivity index (χ3v) is 4.07. The Morgan fingerprint density at radius 2 is 1.75 bits per heavy atom. The summed E-state index contributed by atoms with van der Waals surface area (Å²) in [4.78, 5) is 11.3. The van der Waals surface area contributed by atoms with E-state index in [2.05, 4.69) is 5.32 Å². The molecule has 0 atom stereocenters. The van der Waals surface area contributed by atoms with Crippen LogP contribution in [0.2, 0.25) is 5.02 Å². The lowest BCUT2D eigenvalue weighted by molar-refractivity contribution is -0.114. The summed E-state index contributed by atoms with van der Waals surface area (Å²) < 4.78 is 12.0. The van der Waals surface area contributed by atoms with Crippen LogP contribution >= 0.6 is 11.6 Å². The van der Waals surface area contributed by atoms with Crippen LogP contribution in [0.4, 0.5) is 5.69 Å². The molecule has 0 aromatic heterocycles. The Morgan fingerprint density at radius 3 is 2.25 bits per heavy atom. The van der Waals surface area contributed by atoms with Gasteiger partial charge in [0, 0.05) is 23.1 Å². The second kappa shape index (κ2) is 5.06. The number of carbonyl (C=O) groups excluding carboxylic acids is 1. The predicted octanol–water partition coefficient (Wildman–Crippen LogP) is 2.60. The van der Waals surface area contributed by atoms with Crippen LogP contribution in [0.5, 0.6) is 0 Å². The molecule has 1 amide bonds. The van der Waals surface area contributed by atoms with Crippen molar-refractivity contribution in [1.29, 1.82) is 0 Å². The number of nitrogens with one attached hydrogen (secondary N) is 1. The number of amides is 1. The highest BCUT2D eigenvalue weighted by Gasteiger charge is 2.52. The minimum absolute atomic E-state index is 0.162. The normalized spacial score (nSPS) is 20.0. The van der Waals surface area contributed by atoms with E-state index in [1.165, 1.54) is 6.92 Å². The Morgan fingerprint density at radius 1 is 1.20 bits per heavy atom. The van der Waals surface area contributed by atoms with Gasteiger partial charge in [-0.25, -0.2) is 0 Å². The molecular formula is C14H19BClNO3. The third kappa shape index (κ3) is 2.85. The number of benzene rings is 1. The molecule has 1 saturated heterocycles. The summed E-state index contributed by atoms with van der Waals surface area (Å²) in [5.41, 5.74) is 0.530. The number of rotatable bonds is 2. The number of halogens is 1. The maximum atomic E-state index is 11.3. The first-order valence-corrected chi connectivity index (χ1v) is 6.93. The molecule has 0 saturated carbocycles. The quantitative estimate of drug-likeness (QED) is 0.853. The van der Waals surface area contributed by atoms with E-state index in [1.54, 1.807) is 12.1 Å². The van der Waals surface area contributed by atoms with Crippen molar-refractivity contribution in [3.8, 4) is 0 Å². The Hall–Kier alpha value is -1.04. The zero-order valence-corrected chi connectivity index (χ0v) is 13.2. The second-order valence-corrected chi connectivity index (χ2v) is 6.44. The van der Waals surface area contributed by atoms with Crippen molar-refractivity contribution in [2.24, 2.45) is 0 Å². The van der Waals surface area contributed by atoms with Crippen molar-refractivity contribution in [2.75, 3.05) is 5.32 Å². The molecule has 0 spiro atoms. The molecule has 0 radical (unpaired) electrons. The van der Waals surface area contributed by atoms with Gasteiger partial charge in [0.15, 0.2) is 0 Å². The highest BCUT2D eigenvalue weighted by molar-refractivity contribution is 6.64. The van der Waals surface area contributed by atoms with Crippen LogP contribution in [-0.2, 0) is 14.1 Å². The van der Waals surface area contributed by atoms with Gasteiger partial charge in [-0.05, 0) is 39.8 Å². The summed E-state index contributed by atoms with van der Waals surface area (Å²) in [6.07, 6.45) is 0. The lowest BCUT2D eigenvalue weighted by Gasteiger charge is -2.32. The molecule has 1 aliphatic heterocycles. The lowest BCUT2D eigenvalue weighted by atomic mass is 9.78. The van der Waals surface area contributed by atoms with E-state index in [1.807, 2.05) is 33.8 Å². The van der Waals surface area contributed by atoms with Crippen molar-refractivity contribution < 1.29 is 14.1 Å². The third-order valence-electron chi connectivity index (χ3n) is 3.83. The number of hydrogen-bond acceptors (Lipinski definition) is 3. The molecule has 1 aliphatic rings. The van der Waals surface area contributed by atoms with Crippen LogP contribution in [-0.4, -0.2) is 24.2 Å². The molecule has 20 heavy (non-hydrogen) atoms. The number of carbonyl (C=O) groups is 1. The smallest absolute Gasteiger partial charge is 0.399 e. The second-order valence-electron chi connectivity index (χ2n) is 6.00. The Bertz CT molecular complexity index is 529. The Balaban J connectivity index is 2.37. The molecule has 108 valence electrons. The molecule has 0 unspecified atom stereocenters. The van der Waals surface area contributed by atoms with Crippen molar-refractivity contribution in [3.63, 3.8) is 0 Å². The van der Waals surface area contributed by atoms with E-state index < -0.39 is 18.3 Å². The van der Waals surface area contributed by atoms with Gasteiger partial charge in [0.05, 0.1) is 11.2 Å². The minimum atomic E-state index is -0.529. The predicted molar refractivity (Wildman–Crippen MR) is 81.5 cm³/mol. The summed E-state index contributed by atoms with van der Waals surface area (Å²) >= 11 is 5.99. The lowest BCUT2D eigenvalue weighted by Crippen LogP contribution is -2.41. The zero-order valence-electron chi connectivity index (χ0n) is 12.4. The van der Waals surface area contributed by atoms with Gasteiger partial charge in [-0.15, -0.1) is 0 Å². The molecule has 0 aliphatic carbocycles. The summed E-state index contributed by atoms with van der Waals surface area (Å²) in [5, 5.41) is 3.31. The summed E-state index contributed by atoms with van der Waals surface area (Å²) in [6.45, 7) is 9.40. The topological polar surface area (TPSA) is 47.6 Å². The minimum Gasteiger partial charge on any atom is -0.399 e. The van der Waals surface area contributed by atoms with E-state index in [0.717, 1.165) is 5.46 Å². The van der Waals surface area contributed by atoms with E-state index >= 15 is 0 Å². The molecule has 1 heterocycles. The van der Waals surface area contributed by atoms with Crippen LogP contribution in [0.1, 0.15) is 34.6 Å². The number of hydrogen-bond donors (Lipinski definition) is 1. The van der Waals surface area contributed by atoms with Crippen LogP contribution < -0.4 is 10.8 Å². The van der Waals surface area contributed by atoms with E-state index in [0.29, 0.717) is 10.7 Å². The van der Waals surface area contributed by atoms with Crippen molar-refractivity contribution in [1.82, 2.24) is 0 Å². The van der Waals surface area contributed by atoms with Gasteiger partial charge < -0.3 is 14.6 Å². The maximum absolute atomic E-state index is 11.3. The van der Waals surface area contributed by atoms with Gasteiger partial charge in [-0.3, -0.25) is 4.79 Å². The van der Waals surface area contributed by atoms with Crippen LogP contribution in [0.15, 0.2) is 18.2 Å². The zero-order chi connectivity index (χ0) is 15.1. The van der Waals surface area contributed by atoms with Crippen LogP contribution in [0.25, 0.3) is 0 Å². The van der Waals surface area contributed by atoms with Crippen LogP contribution in [0, 0.1) is 0 Å². The average molecular weight is 296 g/mol. The van der Waals surface area contributed by atoms with Gasteiger partial charge >= 0.3 is 7.12 Å². The molecule has 4 nitrogen and oxygen atoms in total. The molecule has 6 heteroatoms. The largest absolute Gasteiger partial charge is 0.496 e. The first kappa shape index (κ1) is 15.4. The fourth-order valence-electron chi connectivity index (χ4n) is 2.00. The Kier molecular flexibility index (Phi) is 3.89. The van der Waals surface area contributed by atoms with E-state index in [9.17, 15) is 4.79 Å². The van der Waals surface area contributed by atoms with Gasteiger partial charge in [0.1, 0.15) is 0 Å². The molecular weight excluding hydrogens is 276 g/mol. The summed E-state index contributed by atoms with van der Waals surface area (Å²) in [5.74, 6) is -0.162. The van der Waals surface area contributed by atoms with Crippen molar-refractivity contribution in [2.45, 2.75) is 45.8 Å². The van der Waals surface area contributed by atoms with Gasteiger partial charge in [0.25, 0.3) is 0 Å². The molecule has 1 N–H and O–H groups in total. The van der Waals surface area contributed by atoms with Gasteiger partial charge in [-0.2, -0.15) is 0 Å². The summed E-state index contributed by atoms with van der Waals surface area (Å²) in [6, 6.07) is 5.27. The standard InChI is InChI=1S/C14H19BClNO3/c1-9(18)17-12-8-10(16)6-7-11(12)15-19-13(2,3)14(4,5)20-15/h6-8H,1-5H3,(H,17,18). The number of anilines is 1. The van der Waals surface area contributed by atoms with E-state index in [4.69, 9.17) is 20.9 Å². The van der Waals surface area contributed by atoms with Gasteiger partial charge in [0.2, 0.25) is 5.91 Å². The van der Waals surface area contributed by atoms with Crippen molar-refractivity contribution in [3.05, 3.63) is 23.2 Å². The van der Waals surface area contributed by atoms with Gasteiger partial charge in [-0.1, -0.05) is 17.7 Å². The Labute approximate surface area is 124 Å². The monoisotopic (exact) mass is 295 g/mol. The molecule has 1 aromatic rings. The summed E-state index contributed by atoms with van der Waals surface area (Å²) in [7, 11) is -0.529.